The van der Waals surface area contributed by atoms with Crippen LogP contribution in [0.5, 0.6) is 0 Å². The van der Waals surface area contributed by atoms with E-state index < -0.39 is 0 Å². The molecule has 1 aromatic rings. The van der Waals surface area contributed by atoms with Crippen LogP contribution in [0.1, 0.15) is 18.4 Å². The van der Waals surface area contributed by atoms with E-state index in [1.807, 2.05) is 18.0 Å². The number of nitrogens with zero attached hydrogens (tertiary/aromatic N) is 1. The molecule has 1 unspecified atom stereocenters. The van der Waals surface area contributed by atoms with Crippen molar-refractivity contribution in [3.05, 3.63) is 29.6 Å². The molecule has 0 spiro atoms. The van der Waals surface area contributed by atoms with Crippen LogP contribution in [0.2, 0.25) is 0 Å². The summed E-state index contributed by atoms with van der Waals surface area (Å²) in [5.74, 6) is -0.232. The highest BCUT2D eigenvalue weighted by molar-refractivity contribution is 5.53. The maximum absolute atomic E-state index is 13.6. The molecule has 1 aromatic carbocycles. The van der Waals surface area contributed by atoms with Gasteiger partial charge in [0.05, 0.1) is 6.10 Å². The number of ether oxygens (including phenoxy) is 1. The average Bonchev–Trinajstić information content (AvgIpc) is 2.81. The second-order valence-electron chi connectivity index (χ2n) is 4.46. The van der Waals surface area contributed by atoms with Crippen LogP contribution in [0.15, 0.2) is 18.2 Å². The van der Waals surface area contributed by atoms with Crippen LogP contribution < -0.4 is 10.6 Å². The topological polar surface area (TPSA) is 38.5 Å². The standard InChI is InChI=1S/C13H19FN2O/c1-16(9-10-4-3-7-17-10)13-6-2-5-12(14)11(13)8-15/h2,5-6,10H,3-4,7-9,15H2,1H3. The van der Waals surface area contributed by atoms with Gasteiger partial charge >= 0.3 is 0 Å². The first-order valence-corrected chi connectivity index (χ1v) is 6.02. The molecule has 4 heteroatoms. The minimum absolute atomic E-state index is 0.220. The van der Waals surface area contributed by atoms with Gasteiger partial charge < -0.3 is 15.4 Å². The summed E-state index contributed by atoms with van der Waals surface area (Å²) < 4.78 is 19.2. The fourth-order valence-corrected chi connectivity index (χ4v) is 2.30. The molecule has 1 saturated heterocycles. The van der Waals surface area contributed by atoms with E-state index in [9.17, 15) is 4.39 Å². The van der Waals surface area contributed by atoms with Gasteiger partial charge in [-0.25, -0.2) is 4.39 Å². The van der Waals surface area contributed by atoms with Crippen LogP contribution in [0.3, 0.4) is 0 Å². The summed E-state index contributed by atoms with van der Waals surface area (Å²) in [6, 6.07) is 5.07. The number of halogens is 1. The van der Waals surface area contributed by atoms with Crippen molar-refractivity contribution in [1.82, 2.24) is 0 Å². The second-order valence-corrected chi connectivity index (χ2v) is 4.46. The van der Waals surface area contributed by atoms with Crippen molar-refractivity contribution < 1.29 is 9.13 Å². The Morgan fingerprint density at radius 1 is 1.53 bits per heavy atom. The Bertz CT molecular complexity index is 378. The lowest BCUT2D eigenvalue weighted by atomic mass is 10.1. The Morgan fingerprint density at radius 3 is 3.00 bits per heavy atom. The maximum Gasteiger partial charge on any atom is 0.129 e. The Morgan fingerprint density at radius 2 is 2.35 bits per heavy atom. The van der Waals surface area contributed by atoms with Gasteiger partial charge in [-0.05, 0) is 25.0 Å². The molecule has 0 aliphatic carbocycles. The van der Waals surface area contributed by atoms with Gasteiger partial charge in [-0.1, -0.05) is 6.07 Å². The van der Waals surface area contributed by atoms with Crippen LogP contribution in [-0.4, -0.2) is 26.3 Å². The molecule has 94 valence electrons. The zero-order valence-corrected chi connectivity index (χ0v) is 10.2. The fraction of sp³-hybridized carbons (Fsp3) is 0.538. The predicted molar refractivity (Wildman–Crippen MR) is 66.5 cm³/mol. The number of nitrogens with two attached hydrogens (primary N) is 1. The Kier molecular flexibility index (Phi) is 3.97. The van der Waals surface area contributed by atoms with Gasteiger partial charge in [-0.2, -0.15) is 0 Å². The molecule has 3 nitrogen and oxygen atoms in total. The largest absolute Gasteiger partial charge is 0.376 e. The molecule has 1 aliphatic heterocycles. The van der Waals surface area contributed by atoms with Crippen molar-refractivity contribution in [2.24, 2.45) is 5.73 Å². The number of rotatable bonds is 4. The SMILES string of the molecule is CN(CC1CCCO1)c1cccc(F)c1CN. The van der Waals surface area contributed by atoms with Crippen molar-refractivity contribution in [3.63, 3.8) is 0 Å². The number of benzene rings is 1. The van der Waals surface area contributed by atoms with Crippen LogP contribution >= 0.6 is 0 Å². The molecular weight excluding hydrogens is 219 g/mol. The van der Waals surface area contributed by atoms with Gasteiger partial charge in [0.15, 0.2) is 0 Å². The molecule has 1 heterocycles. The van der Waals surface area contributed by atoms with Crippen molar-refractivity contribution in [3.8, 4) is 0 Å². The van der Waals surface area contributed by atoms with E-state index in [-0.39, 0.29) is 18.5 Å². The molecule has 0 saturated carbocycles. The highest BCUT2D eigenvalue weighted by Crippen LogP contribution is 2.23. The molecule has 0 radical (unpaired) electrons. The van der Waals surface area contributed by atoms with Crippen molar-refractivity contribution in [1.29, 1.82) is 0 Å². The summed E-state index contributed by atoms with van der Waals surface area (Å²) in [5.41, 5.74) is 7.04. The third-order valence-corrected chi connectivity index (χ3v) is 3.21. The van der Waals surface area contributed by atoms with Gasteiger partial charge in [0.1, 0.15) is 5.82 Å². The third kappa shape index (κ3) is 2.76. The number of hydrogen-bond donors (Lipinski definition) is 1. The molecule has 1 fully saturated rings. The zero-order chi connectivity index (χ0) is 12.3. The van der Waals surface area contributed by atoms with E-state index in [0.717, 1.165) is 31.7 Å². The molecular formula is C13H19FN2O. The van der Waals surface area contributed by atoms with Crippen LogP contribution in [0, 0.1) is 5.82 Å². The molecule has 1 atom stereocenters. The lowest BCUT2D eigenvalue weighted by Gasteiger charge is -2.25. The predicted octanol–water partition coefficient (Wildman–Crippen LogP) is 1.90. The molecule has 0 aromatic heterocycles. The first kappa shape index (κ1) is 12.3. The summed E-state index contributed by atoms with van der Waals surface area (Å²) in [5, 5.41) is 0. The van der Waals surface area contributed by atoms with Gasteiger partial charge in [0, 0.05) is 38.0 Å². The van der Waals surface area contributed by atoms with Crippen LogP contribution in [-0.2, 0) is 11.3 Å². The van der Waals surface area contributed by atoms with Crippen molar-refractivity contribution in [2.75, 3.05) is 25.1 Å². The van der Waals surface area contributed by atoms with Gasteiger partial charge in [0.25, 0.3) is 0 Å². The maximum atomic E-state index is 13.6. The van der Waals surface area contributed by atoms with Crippen molar-refractivity contribution >= 4 is 5.69 Å². The zero-order valence-electron chi connectivity index (χ0n) is 10.2. The molecule has 0 amide bonds. The summed E-state index contributed by atoms with van der Waals surface area (Å²) in [7, 11) is 1.95. The summed E-state index contributed by atoms with van der Waals surface area (Å²) in [4.78, 5) is 2.03. The van der Waals surface area contributed by atoms with E-state index in [1.165, 1.54) is 6.07 Å². The minimum Gasteiger partial charge on any atom is -0.376 e. The number of likely N-dealkylation sites (N-methyl/N-ethyl adjacent to an activating group) is 1. The first-order chi connectivity index (χ1) is 8.22. The van der Waals surface area contributed by atoms with E-state index in [1.54, 1.807) is 6.07 Å². The highest BCUT2D eigenvalue weighted by atomic mass is 19.1. The number of anilines is 1. The minimum atomic E-state index is -0.232. The summed E-state index contributed by atoms with van der Waals surface area (Å²) >= 11 is 0. The Labute approximate surface area is 101 Å². The second kappa shape index (κ2) is 5.47. The normalized spacial score (nSPS) is 19.6. The lowest BCUT2D eigenvalue weighted by molar-refractivity contribution is 0.116. The van der Waals surface area contributed by atoms with E-state index >= 15 is 0 Å². The highest BCUT2D eigenvalue weighted by Gasteiger charge is 2.19. The van der Waals surface area contributed by atoms with E-state index in [4.69, 9.17) is 10.5 Å². The number of hydrogen-bond acceptors (Lipinski definition) is 3. The summed E-state index contributed by atoms with van der Waals surface area (Å²) in [6.45, 7) is 1.85. The van der Waals surface area contributed by atoms with Gasteiger partial charge in [0.2, 0.25) is 0 Å². The molecule has 2 rings (SSSR count). The van der Waals surface area contributed by atoms with Gasteiger partial charge in [-0.3, -0.25) is 0 Å². The average molecular weight is 238 g/mol. The van der Waals surface area contributed by atoms with Crippen molar-refractivity contribution in [2.45, 2.75) is 25.5 Å². The summed E-state index contributed by atoms with van der Waals surface area (Å²) in [6.07, 6.45) is 2.46. The molecule has 17 heavy (non-hydrogen) atoms. The Hall–Kier alpha value is -1.13. The fourth-order valence-electron chi connectivity index (χ4n) is 2.30. The van der Waals surface area contributed by atoms with E-state index in [0.29, 0.717) is 5.56 Å². The van der Waals surface area contributed by atoms with Crippen LogP contribution in [0.25, 0.3) is 0 Å². The molecule has 1 aliphatic rings. The van der Waals surface area contributed by atoms with E-state index in [2.05, 4.69) is 0 Å². The third-order valence-electron chi connectivity index (χ3n) is 3.21. The quantitative estimate of drug-likeness (QED) is 0.870. The monoisotopic (exact) mass is 238 g/mol. The smallest absolute Gasteiger partial charge is 0.129 e. The first-order valence-electron chi connectivity index (χ1n) is 6.02. The lowest BCUT2D eigenvalue weighted by Crippen LogP contribution is -2.29. The molecule has 0 bridgehead atoms. The van der Waals surface area contributed by atoms with Crippen LogP contribution in [0.4, 0.5) is 10.1 Å². The molecule has 2 N–H and O–H groups in total. The Balaban J connectivity index is 2.12. The van der Waals surface area contributed by atoms with Gasteiger partial charge in [-0.15, -0.1) is 0 Å².